The van der Waals surface area contributed by atoms with E-state index in [4.69, 9.17) is 9.29 Å². The third-order valence-corrected chi connectivity index (χ3v) is 3.08. The molecule has 0 heterocycles. The van der Waals surface area contributed by atoms with E-state index >= 15 is 0 Å². The van der Waals surface area contributed by atoms with Crippen LogP contribution in [0.4, 0.5) is 0 Å². The van der Waals surface area contributed by atoms with E-state index < -0.39 is 16.1 Å². The number of carbonyl (C=O) groups excluding carboxylic acids is 1. The van der Waals surface area contributed by atoms with Crippen molar-refractivity contribution in [2.24, 2.45) is 0 Å². The molecule has 0 spiro atoms. The van der Waals surface area contributed by atoms with Crippen LogP contribution in [0.5, 0.6) is 0 Å². The molecule has 0 aromatic heterocycles. The molecule has 0 bridgehead atoms. The SMILES string of the molecule is C=CC(=O)OCC[N+](C)(C)CCCS(=O)(=O)O.[OH-]. The molecule has 0 aromatic rings. The van der Waals surface area contributed by atoms with E-state index in [0.29, 0.717) is 24.0 Å². The Morgan fingerprint density at radius 1 is 1.39 bits per heavy atom. The predicted molar refractivity (Wildman–Crippen MR) is 66.0 cm³/mol. The quantitative estimate of drug-likeness (QED) is 0.288. The zero-order valence-electron chi connectivity index (χ0n) is 10.7. The highest BCUT2D eigenvalue weighted by Crippen LogP contribution is 2.01. The number of hydrogen-bond acceptors (Lipinski definition) is 5. The van der Waals surface area contributed by atoms with E-state index in [-0.39, 0.29) is 17.8 Å². The number of ether oxygens (including phenoxy) is 1. The van der Waals surface area contributed by atoms with Crippen LogP contribution in [0.1, 0.15) is 6.42 Å². The molecule has 8 heteroatoms. The van der Waals surface area contributed by atoms with Gasteiger partial charge in [-0.05, 0) is 0 Å². The summed E-state index contributed by atoms with van der Waals surface area (Å²) in [6.45, 7) is 4.68. The second-order valence-electron chi connectivity index (χ2n) is 4.39. The van der Waals surface area contributed by atoms with Crippen LogP contribution in [-0.2, 0) is 19.6 Å². The van der Waals surface area contributed by atoms with Gasteiger partial charge in [-0.1, -0.05) is 6.58 Å². The third-order valence-electron chi connectivity index (χ3n) is 2.27. The fourth-order valence-electron chi connectivity index (χ4n) is 1.24. The van der Waals surface area contributed by atoms with E-state index in [1.165, 1.54) is 0 Å². The van der Waals surface area contributed by atoms with Crippen LogP contribution in [-0.4, -0.2) is 68.4 Å². The molecule has 0 saturated carbocycles. The summed E-state index contributed by atoms with van der Waals surface area (Å²) in [6.07, 6.45) is 1.46. The highest BCUT2D eigenvalue weighted by Gasteiger charge is 2.17. The standard InChI is InChI=1S/C10H19NO5S.H2O/c1-4-10(12)16-8-7-11(2,3)6-5-9-17(13,14)15;/h4H,1,5-9H2,2-3H3;1H2. The summed E-state index contributed by atoms with van der Waals surface area (Å²) in [4.78, 5) is 10.8. The molecule has 0 saturated heterocycles. The summed E-state index contributed by atoms with van der Waals surface area (Å²) in [5.41, 5.74) is 0. The van der Waals surface area contributed by atoms with Gasteiger partial charge < -0.3 is 14.7 Å². The molecule has 2 N–H and O–H groups in total. The number of carbonyl (C=O) groups is 1. The van der Waals surface area contributed by atoms with Crippen molar-refractivity contribution in [3.05, 3.63) is 12.7 Å². The Bertz CT molecular complexity index is 363. The van der Waals surface area contributed by atoms with Gasteiger partial charge in [0.2, 0.25) is 0 Å². The summed E-state index contributed by atoms with van der Waals surface area (Å²) >= 11 is 0. The molecule has 0 unspecified atom stereocenters. The molecule has 0 rings (SSSR count). The molecular formula is C10H21NO6S. The smallest absolute Gasteiger partial charge is 0.330 e. The van der Waals surface area contributed by atoms with Gasteiger partial charge in [0.25, 0.3) is 10.1 Å². The van der Waals surface area contributed by atoms with Crippen LogP contribution < -0.4 is 0 Å². The summed E-state index contributed by atoms with van der Waals surface area (Å²) in [7, 11) is -0.104. The minimum absolute atomic E-state index is 0. The molecule has 0 aromatic carbocycles. The van der Waals surface area contributed by atoms with Crippen LogP contribution in [0, 0.1) is 0 Å². The molecule has 0 fully saturated rings. The Labute approximate surface area is 108 Å². The van der Waals surface area contributed by atoms with Crippen molar-refractivity contribution in [2.45, 2.75) is 6.42 Å². The van der Waals surface area contributed by atoms with E-state index in [2.05, 4.69) is 6.58 Å². The van der Waals surface area contributed by atoms with Gasteiger partial charge in [-0.25, -0.2) is 4.79 Å². The number of quaternary nitrogens is 1. The maximum atomic E-state index is 10.8. The van der Waals surface area contributed by atoms with Gasteiger partial charge in [0.15, 0.2) is 0 Å². The van der Waals surface area contributed by atoms with E-state index in [0.717, 1.165) is 6.08 Å². The lowest BCUT2D eigenvalue weighted by atomic mass is 10.3. The van der Waals surface area contributed by atoms with Crippen molar-refractivity contribution in [3.63, 3.8) is 0 Å². The molecule has 18 heavy (non-hydrogen) atoms. The van der Waals surface area contributed by atoms with Gasteiger partial charge in [0.1, 0.15) is 13.2 Å². The van der Waals surface area contributed by atoms with Crippen LogP contribution in [0.3, 0.4) is 0 Å². The number of hydrogen-bond donors (Lipinski definition) is 1. The summed E-state index contributed by atoms with van der Waals surface area (Å²) in [6, 6.07) is 0. The Balaban J connectivity index is 0. The normalized spacial score (nSPS) is 11.5. The third kappa shape index (κ3) is 11.5. The van der Waals surface area contributed by atoms with E-state index in [1.807, 2.05) is 14.1 Å². The number of esters is 1. The summed E-state index contributed by atoms with van der Waals surface area (Å²) < 4.78 is 35.0. The maximum Gasteiger partial charge on any atom is 0.330 e. The largest absolute Gasteiger partial charge is 0.870 e. The number of nitrogens with zero attached hydrogens (tertiary/aromatic N) is 1. The van der Waals surface area contributed by atoms with Crippen molar-refractivity contribution in [1.29, 1.82) is 0 Å². The summed E-state index contributed by atoms with van der Waals surface area (Å²) in [5, 5.41) is 0. The molecule has 108 valence electrons. The average Bonchev–Trinajstić information content (AvgIpc) is 2.14. The topological polar surface area (TPSA) is 111 Å². The maximum absolute atomic E-state index is 10.8. The number of likely N-dealkylation sites (N-methyl/N-ethyl adjacent to an activating group) is 1. The lowest BCUT2D eigenvalue weighted by molar-refractivity contribution is -0.890. The number of rotatable bonds is 8. The predicted octanol–water partition coefficient (Wildman–Crippen LogP) is -0.107. The molecule has 7 nitrogen and oxygen atoms in total. The molecule has 0 atom stereocenters. The second-order valence-corrected chi connectivity index (χ2v) is 5.97. The molecular weight excluding hydrogens is 262 g/mol. The first-order valence-corrected chi connectivity index (χ1v) is 6.83. The van der Waals surface area contributed by atoms with Crippen LogP contribution >= 0.6 is 0 Å². The van der Waals surface area contributed by atoms with Gasteiger partial charge in [0.05, 0.1) is 26.4 Å². The fraction of sp³-hybridized carbons (Fsp3) is 0.700. The molecule has 0 aliphatic heterocycles. The Morgan fingerprint density at radius 3 is 2.39 bits per heavy atom. The van der Waals surface area contributed by atoms with Gasteiger partial charge in [-0.2, -0.15) is 8.42 Å². The molecule has 0 amide bonds. The first kappa shape index (κ1) is 19.4. The minimum atomic E-state index is -3.89. The zero-order valence-corrected chi connectivity index (χ0v) is 11.5. The van der Waals surface area contributed by atoms with Crippen molar-refractivity contribution in [3.8, 4) is 0 Å². The van der Waals surface area contributed by atoms with Crippen LogP contribution in [0.15, 0.2) is 12.7 Å². The van der Waals surface area contributed by atoms with Gasteiger partial charge in [0, 0.05) is 12.5 Å². The highest BCUT2D eigenvalue weighted by atomic mass is 32.2. The lowest BCUT2D eigenvalue weighted by Gasteiger charge is -2.29. The van der Waals surface area contributed by atoms with Crippen molar-refractivity contribution in [2.75, 3.05) is 39.5 Å². The van der Waals surface area contributed by atoms with Crippen molar-refractivity contribution in [1.82, 2.24) is 0 Å². The first-order valence-electron chi connectivity index (χ1n) is 5.23. The van der Waals surface area contributed by atoms with E-state index in [9.17, 15) is 13.2 Å². The molecule has 0 aliphatic rings. The van der Waals surface area contributed by atoms with Crippen LogP contribution in [0.2, 0.25) is 0 Å². The molecule has 0 radical (unpaired) electrons. The summed E-state index contributed by atoms with van der Waals surface area (Å²) in [5.74, 6) is -0.718. The van der Waals surface area contributed by atoms with E-state index in [1.54, 1.807) is 0 Å². The minimum Gasteiger partial charge on any atom is -0.870 e. The van der Waals surface area contributed by atoms with Crippen molar-refractivity contribution < 1.29 is 32.5 Å². The Kier molecular flexibility index (Phi) is 8.83. The zero-order chi connectivity index (χ0) is 13.5. The Morgan fingerprint density at radius 2 is 1.94 bits per heavy atom. The fourth-order valence-corrected chi connectivity index (χ4v) is 1.73. The highest BCUT2D eigenvalue weighted by molar-refractivity contribution is 7.85. The molecule has 0 aliphatic carbocycles. The van der Waals surface area contributed by atoms with Gasteiger partial charge in [-0.3, -0.25) is 4.55 Å². The second kappa shape index (κ2) is 8.20. The Hall–Kier alpha value is -0.960. The monoisotopic (exact) mass is 283 g/mol. The van der Waals surface area contributed by atoms with Gasteiger partial charge in [-0.15, -0.1) is 0 Å². The van der Waals surface area contributed by atoms with Gasteiger partial charge >= 0.3 is 5.97 Å². The van der Waals surface area contributed by atoms with Crippen LogP contribution in [0.25, 0.3) is 0 Å². The van der Waals surface area contributed by atoms with Crippen molar-refractivity contribution >= 4 is 16.1 Å². The average molecular weight is 283 g/mol. The first-order chi connectivity index (χ1) is 7.66. The lowest BCUT2D eigenvalue weighted by Crippen LogP contribution is -2.43.